The molecule has 1 aromatic heterocycles. The highest BCUT2D eigenvalue weighted by Gasteiger charge is 2.30. The largest absolute Gasteiger partial charge is 0.416 e. The smallest absolute Gasteiger partial charge is 0.356 e. The molecule has 1 aliphatic rings. The fraction of sp³-hybridized carbons (Fsp3) is 0.350. The Kier molecular flexibility index (Phi) is 6.05. The Bertz CT molecular complexity index is 861. The van der Waals surface area contributed by atoms with Crippen LogP contribution >= 0.6 is 0 Å². The Morgan fingerprint density at radius 1 is 1.24 bits per heavy atom. The number of carbonyl (C=O) groups excluding carboxylic acids is 1. The number of hydrogen-bond donors (Lipinski definition) is 1. The molecule has 0 spiro atoms. The molecule has 1 aromatic carbocycles. The number of halogens is 3. The first-order valence-corrected chi connectivity index (χ1v) is 9.19. The van der Waals surface area contributed by atoms with Gasteiger partial charge in [-0.1, -0.05) is 6.58 Å². The number of alkyl halides is 3. The Morgan fingerprint density at radius 2 is 1.90 bits per heavy atom. The average Bonchev–Trinajstić information content (AvgIpc) is 2.72. The predicted octanol–water partition coefficient (Wildman–Crippen LogP) is 3.85. The number of aromatic nitrogens is 2. The van der Waals surface area contributed by atoms with Gasteiger partial charge in [0.2, 0.25) is 11.9 Å². The number of benzene rings is 1. The summed E-state index contributed by atoms with van der Waals surface area (Å²) < 4.78 is 38.0. The van der Waals surface area contributed by atoms with E-state index in [0.29, 0.717) is 30.5 Å². The molecule has 0 radical (unpaired) electrons. The highest BCUT2D eigenvalue weighted by molar-refractivity contribution is 5.87. The van der Waals surface area contributed by atoms with Crippen LogP contribution in [0.1, 0.15) is 18.4 Å². The number of nitrogens with zero attached hydrogens (tertiary/aromatic N) is 4. The van der Waals surface area contributed by atoms with Crippen molar-refractivity contribution in [1.29, 1.82) is 0 Å². The number of carbonyl (C=O) groups is 1. The molecule has 154 valence electrons. The molecule has 0 unspecified atom stereocenters. The lowest BCUT2D eigenvalue weighted by Crippen LogP contribution is -2.45. The second-order valence-corrected chi connectivity index (χ2v) is 6.81. The van der Waals surface area contributed by atoms with Crippen molar-refractivity contribution in [2.75, 3.05) is 30.4 Å². The van der Waals surface area contributed by atoms with Gasteiger partial charge in [0.05, 0.1) is 5.56 Å². The van der Waals surface area contributed by atoms with E-state index in [-0.39, 0.29) is 11.9 Å². The molecule has 2 aromatic rings. The first-order valence-electron chi connectivity index (χ1n) is 9.19. The third-order valence-corrected chi connectivity index (χ3v) is 4.97. The number of amides is 1. The topological polar surface area (TPSA) is 61.4 Å². The minimum absolute atomic E-state index is 0.0591. The average molecular weight is 405 g/mol. The van der Waals surface area contributed by atoms with Crippen molar-refractivity contribution in [2.45, 2.75) is 25.1 Å². The van der Waals surface area contributed by atoms with Gasteiger partial charge >= 0.3 is 6.18 Å². The van der Waals surface area contributed by atoms with Gasteiger partial charge in [-0.2, -0.15) is 18.2 Å². The van der Waals surface area contributed by atoms with Crippen molar-refractivity contribution in [3.8, 4) is 0 Å². The number of rotatable bonds is 5. The van der Waals surface area contributed by atoms with Crippen molar-refractivity contribution in [3.05, 3.63) is 54.7 Å². The summed E-state index contributed by atoms with van der Waals surface area (Å²) in [7, 11) is 1.93. The second-order valence-electron chi connectivity index (χ2n) is 6.81. The maximum Gasteiger partial charge on any atom is 0.416 e. The Balaban J connectivity index is 1.65. The zero-order valence-corrected chi connectivity index (χ0v) is 16.0. The van der Waals surface area contributed by atoms with Crippen LogP contribution < -0.4 is 10.2 Å². The van der Waals surface area contributed by atoms with E-state index >= 15 is 0 Å². The van der Waals surface area contributed by atoms with Crippen molar-refractivity contribution >= 4 is 23.4 Å². The van der Waals surface area contributed by atoms with Gasteiger partial charge in [-0.05, 0) is 49.2 Å². The summed E-state index contributed by atoms with van der Waals surface area (Å²) in [6.07, 6.45) is 0.169. The van der Waals surface area contributed by atoms with E-state index in [2.05, 4.69) is 21.9 Å². The Hall–Kier alpha value is -3.10. The molecule has 6 nitrogen and oxygen atoms in total. The summed E-state index contributed by atoms with van der Waals surface area (Å²) in [5, 5.41) is 2.93. The summed E-state index contributed by atoms with van der Waals surface area (Å²) in [6, 6.07) is 6.70. The minimum Gasteiger partial charge on any atom is -0.356 e. The number of likely N-dealkylation sites (tertiary alicyclic amines) is 1. The van der Waals surface area contributed by atoms with Gasteiger partial charge in [0.25, 0.3) is 0 Å². The van der Waals surface area contributed by atoms with Gasteiger partial charge in [0.1, 0.15) is 5.82 Å². The quantitative estimate of drug-likeness (QED) is 0.766. The molecule has 9 heteroatoms. The molecule has 0 bridgehead atoms. The summed E-state index contributed by atoms with van der Waals surface area (Å²) in [5.74, 6) is 0.937. The molecule has 0 saturated carbocycles. The van der Waals surface area contributed by atoms with E-state index in [1.54, 1.807) is 17.2 Å². The minimum atomic E-state index is -4.37. The fourth-order valence-corrected chi connectivity index (χ4v) is 3.27. The van der Waals surface area contributed by atoms with Crippen LogP contribution in [0.15, 0.2) is 49.2 Å². The maximum absolute atomic E-state index is 12.7. The number of anilines is 3. The van der Waals surface area contributed by atoms with Gasteiger partial charge in [0.15, 0.2) is 0 Å². The van der Waals surface area contributed by atoms with Gasteiger partial charge < -0.3 is 15.1 Å². The summed E-state index contributed by atoms with van der Waals surface area (Å²) in [4.78, 5) is 24.1. The molecule has 0 aliphatic carbocycles. The number of hydrogen-bond acceptors (Lipinski definition) is 5. The fourth-order valence-electron chi connectivity index (χ4n) is 3.27. The first kappa shape index (κ1) is 20.6. The lowest BCUT2D eigenvalue weighted by atomic mass is 10.0. The van der Waals surface area contributed by atoms with Crippen molar-refractivity contribution in [1.82, 2.24) is 14.9 Å². The highest BCUT2D eigenvalue weighted by atomic mass is 19.4. The van der Waals surface area contributed by atoms with E-state index in [4.69, 9.17) is 0 Å². The third kappa shape index (κ3) is 5.04. The van der Waals surface area contributed by atoms with Crippen molar-refractivity contribution in [3.63, 3.8) is 0 Å². The molecule has 2 heterocycles. The molecule has 1 saturated heterocycles. The van der Waals surface area contributed by atoms with Crippen LogP contribution in [0.3, 0.4) is 0 Å². The van der Waals surface area contributed by atoms with E-state index in [0.717, 1.165) is 25.0 Å². The summed E-state index contributed by atoms with van der Waals surface area (Å²) >= 11 is 0. The zero-order chi connectivity index (χ0) is 21.0. The van der Waals surface area contributed by atoms with Crippen molar-refractivity contribution < 1.29 is 18.0 Å². The van der Waals surface area contributed by atoms with Gasteiger partial charge in [-0.25, -0.2) is 4.98 Å². The molecule has 29 heavy (non-hydrogen) atoms. The molecular weight excluding hydrogens is 383 g/mol. The molecule has 1 aliphatic heterocycles. The maximum atomic E-state index is 12.7. The van der Waals surface area contributed by atoms with Crippen LogP contribution in [0.25, 0.3) is 0 Å². The summed E-state index contributed by atoms with van der Waals surface area (Å²) in [5.41, 5.74) is -0.243. The molecular formula is C20H22F3N5O. The van der Waals surface area contributed by atoms with Gasteiger partial charge in [0, 0.05) is 38.1 Å². The van der Waals surface area contributed by atoms with Crippen LogP contribution in [0, 0.1) is 0 Å². The highest BCUT2D eigenvalue weighted by Crippen LogP contribution is 2.30. The molecule has 1 fully saturated rings. The normalized spacial score (nSPS) is 15.1. The van der Waals surface area contributed by atoms with Gasteiger partial charge in [-0.3, -0.25) is 4.79 Å². The Labute approximate surface area is 167 Å². The molecule has 3 rings (SSSR count). The molecule has 0 atom stereocenters. The predicted molar refractivity (Wildman–Crippen MR) is 105 cm³/mol. The monoisotopic (exact) mass is 405 g/mol. The third-order valence-electron chi connectivity index (χ3n) is 4.97. The number of piperidine rings is 1. The van der Waals surface area contributed by atoms with E-state index < -0.39 is 11.7 Å². The number of nitrogens with one attached hydrogen (secondary N) is 1. The van der Waals surface area contributed by atoms with Crippen LogP contribution in [0.2, 0.25) is 0 Å². The van der Waals surface area contributed by atoms with E-state index in [1.807, 2.05) is 11.9 Å². The first-order chi connectivity index (χ1) is 13.8. The van der Waals surface area contributed by atoms with Crippen LogP contribution in [0.4, 0.5) is 30.6 Å². The van der Waals surface area contributed by atoms with E-state index in [1.165, 1.54) is 18.2 Å². The Morgan fingerprint density at radius 3 is 2.48 bits per heavy atom. The van der Waals surface area contributed by atoms with E-state index in [9.17, 15) is 18.0 Å². The lowest BCUT2D eigenvalue weighted by Gasteiger charge is -2.37. The van der Waals surface area contributed by atoms with Crippen LogP contribution in [0.5, 0.6) is 0 Å². The van der Waals surface area contributed by atoms with Crippen molar-refractivity contribution in [2.24, 2.45) is 0 Å². The molecule has 1 amide bonds. The standard InChI is InChI=1S/C20H22F3N5O/c1-3-18(29)28-12-9-16(10-13-28)27(2)17-8-11-24-19(26-17)25-15-6-4-14(5-7-15)20(21,22)23/h3-8,11,16H,1,9-10,12-13H2,2H3,(H,24,25,26). The lowest BCUT2D eigenvalue weighted by molar-refractivity contribution is -0.137. The molecule has 1 N–H and O–H groups in total. The van der Waals surface area contributed by atoms with Gasteiger partial charge in [-0.15, -0.1) is 0 Å². The zero-order valence-electron chi connectivity index (χ0n) is 16.0. The van der Waals surface area contributed by atoms with Crippen LogP contribution in [-0.2, 0) is 11.0 Å². The van der Waals surface area contributed by atoms with Crippen LogP contribution in [-0.4, -0.2) is 47.0 Å². The second kappa shape index (κ2) is 8.50. The SMILES string of the molecule is C=CC(=O)N1CCC(N(C)c2ccnc(Nc3ccc(C(F)(F)F)cc3)n2)CC1. The summed E-state index contributed by atoms with van der Waals surface area (Å²) in [6.45, 7) is 4.83.